The van der Waals surface area contributed by atoms with Crippen molar-refractivity contribution in [3.8, 4) is 5.75 Å². The van der Waals surface area contributed by atoms with Gasteiger partial charge in [0, 0.05) is 6.92 Å². The van der Waals surface area contributed by atoms with Gasteiger partial charge >= 0.3 is 18.0 Å². The minimum absolute atomic E-state index is 0.0166. The number of imide groups is 1. The lowest BCUT2D eigenvalue weighted by molar-refractivity contribution is -0.132. The number of rotatable bonds is 5. The minimum atomic E-state index is -0.668. The van der Waals surface area contributed by atoms with Crippen molar-refractivity contribution in [1.29, 1.82) is 0 Å². The molecule has 0 spiro atoms. The number of carbonyl (C=O) groups excluding carboxylic acids is 4. The molecule has 0 saturated carbocycles. The first kappa shape index (κ1) is 21.6. The molecule has 30 heavy (non-hydrogen) atoms. The molecular weight excluding hydrogens is 484 g/mol. The maximum absolute atomic E-state index is 12.6. The van der Waals surface area contributed by atoms with Crippen LogP contribution in [0.2, 0.25) is 5.02 Å². The van der Waals surface area contributed by atoms with Crippen LogP contribution in [0, 0.1) is 0 Å². The number of furan rings is 1. The smallest absolute Gasteiger partial charge is 0.373 e. The van der Waals surface area contributed by atoms with Crippen LogP contribution in [0.3, 0.4) is 0 Å². The van der Waals surface area contributed by atoms with Crippen molar-refractivity contribution in [2.75, 3.05) is 7.11 Å². The molecule has 1 aromatic carbocycles. The zero-order valence-corrected chi connectivity index (χ0v) is 18.0. The largest absolute Gasteiger partial charge is 0.463 e. The first-order valence-electron chi connectivity index (χ1n) is 8.38. The second-order valence-electron chi connectivity index (χ2n) is 6.04. The summed E-state index contributed by atoms with van der Waals surface area (Å²) in [6.45, 7) is 1.07. The molecule has 156 valence electrons. The number of esters is 2. The van der Waals surface area contributed by atoms with Gasteiger partial charge in [-0.2, -0.15) is 0 Å². The quantitative estimate of drug-likeness (QED) is 0.291. The van der Waals surface area contributed by atoms with Crippen LogP contribution in [-0.2, 0) is 20.9 Å². The highest BCUT2D eigenvalue weighted by molar-refractivity contribution is 9.10. The van der Waals surface area contributed by atoms with Gasteiger partial charge in [-0.25, -0.2) is 9.59 Å². The van der Waals surface area contributed by atoms with Gasteiger partial charge in [-0.3, -0.25) is 14.5 Å². The molecule has 1 fully saturated rings. The fourth-order valence-corrected chi connectivity index (χ4v) is 3.55. The van der Waals surface area contributed by atoms with Gasteiger partial charge in [-0.15, -0.1) is 0 Å². The van der Waals surface area contributed by atoms with E-state index in [1.165, 1.54) is 38.3 Å². The summed E-state index contributed by atoms with van der Waals surface area (Å²) in [6, 6.07) is 5.27. The molecule has 0 unspecified atom stereocenters. The van der Waals surface area contributed by atoms with Crippen molar-refractivity contribution in [2.45, 2.75) is 13.5 Å². The molecule has 2 aromatic rings. The summed E-state index contributed by atoms with van der Waals surface area (Å²) in [7, 11) is 1.21. The van der Waals surface area contributed by atoms with Gasteiger partial charge in [0.1, 0.15) is 11.5 Å². The predicted octanol–water partition coefficient (Wildman–Crippen LogP) is 3.50. The number of nitrogens with zero attached hydrogens (tertiary/aromatic N) is 1. The van der Waals surface area contributed by atoms with Crippen LogP contribution >= 0.6 is 27.5 Å². The Labute approximate surface area is 183 Å². The van der Waals surface area contributed by atoms with E-state index in [1.54, 1.807) is 6.07 Å². The van der Waals surface area contributed by atoms with Gasteiger partial charge in [0.15, 0.2) is 5.75 Å². The summed E-state index contributed by atoms with van der Waals surface area (Å²) < 4.78 is 15.3. The minimum Gasteiger partial charge on any atom is -0.463 e. The fraction of sp³-hybridized carbons (Fsp3) is 0.158. The Morgan fingerprint density at radius 2 is 2.03 bits per heavy atom. The summed E-state index contributed by atoms with van der Waals surface area (Å²) >= 11 is 9.39. The molecule has 1 aliphatic rings. The molecule has 2 heterocycles. The molecule has 0 radical (unpaired) electrons. The molecule has 3 amide bonds. The van der Waals surface area contributed by atoms with Gasteiger partial charge in [0.05, 0.1) is 23.1 Å². The molecule has 1 N–H and O–H groups in total. The number of benzene rings is 1. The molecule has 11 heteroatoms. The average molecular weight is 498 g/mol. The van der Waals surface area contributed by atoms with Crippen molar-refractivity contribution >= 4 is 57.5 Å². The number of hydrogen-bond acceptors (Lipinski definition) is 7. The van der Waals surface area contributed by atoms with Crippen molar-refractivity contribution in [3.05, 3.63) is 56.5 Å². The average Bonchev–Trinajstić information content (AvgIpc) is 3.25. The third kappa shape index (κ3) is 4.55. The molecule has 1 aromatic heterocycles. The Morgan fingerprint density at radius 3 is 2.67 bits per heavy atom. The second-order valence-corrected chi connectivity index (χ2v) is 7.31. The molecule has 3 rings (SSSR count). The van der Waals surface area contributed by atoms with Crippen molar-refractivity contribution in [3.63, 3.8) is 0 Å². The molecule has 9 nitrogen and oxygen atoms in total. The SMILES string of the molecule is COC(=O)c1ccc(CN2C(=O)N/C(=C\c3cc(Cl)c(OC(C)=O)c(Br)c3)C2=O)o1. The van der Waals surface area contributed by atoms with E-state index in [-0.39, 0.29) is 34.5 Å². The van der Waals surface area contributed by atoms with E-state index in [0.717, 1.165) is 4.90 Å². The van der Waals surface area contributed by atoms with Crippen LogP contribution < -0.4 is 10.1 Å². The van der Waals surface area contributed by atoms with Gasteiger partial charge in [0.25, 0.3) is 5.91 Å². The normalized spacial score (nSPS) is 14.8. The van der Waals surface area contributed by atoms with Gasteiger partial charge < -0.3 is 19.2 Å². The Morgan fingerprint density at radius 1 is 1.30 bits per heavy atom. The lowest BCUT2D eigenvalue weighted by Crippen LogP contribution is -2.30. The molecular formula is C19H14BrClN2O7. The monoisotopic (exact) mass is 496 g/mol. The highest BCUT2D eigenvalue weighted by atomic mass is 79.9. The predicted molar refractivity (Wildman–Crippen MR) is 108 cm³/mol. The summed E-state index contributed by atoms with van der Waals surface area (Å²) in [5, 5.41) is 2.61. The Hall–Kier alpha value is -3.11. The van der Waals surface area contributed by atoms with Crippen molar-refractivity contribution in [2.24, 2.45) is 0 Å². The number of urea groups is 1. The van der Waals surface area contributed by atoms with Crippen LogP contribution in [0.1, 0.15) is 28.8 Å². The summed E-state index contributed by atoms with van der Waals surface area (Å²) in [6.07, 6.45) is 1.43. The van der Waals surface area contributed by atoms with Crippen molar-refractivity contribution < 1.29 is 33.1 Å². The Bertz CT molecular complexity index is 1070. The number of carbonyl (C=O) groups is 4. The number of ether oxygens (including phenoxy) is 2. The number of amides is 3. The highest BCUT2D eigenvalue weighted by Gasteiger charge is 2.34. The standard InChI is InChI=1S/C19H14BrClN2O7/c1-9(24)29-16-12(20)5-10(6-13(16)21)7-14-17(25)23(19(27)22-14)8-11-3-4-15(30-11)18(26)28-2/h3-7H,8H2,1-2H3,(H,22,27)/b14-7-. The first-order chi connectivity index (χ1) is 14.2. The van der Waals surface area contributed by atoms with E-state index >= 15 is 0 Å². The lowest BCUT2D eigenvalue weighted by Gasteiger charge is -2.09. The highest BCUT2D eigenvalue weighted by Crippen LogP contribution is 2.35. The lowest BCUT2D eigenvalue weighted by atomic mass is 10.2. The van der Waals surface area contributed by atoms with E-state index < -0.39 is 23.9 Å². The number of hydrogen-bond donors (Lipinski definition) is 1. The Kier molecular flexibility index (Phi) is 6.28. The van der Waals surface area contributed by atoms with E-state index in [0.29, 0.717) is 10.0 Å². The molecule has 1 saturated heterocycles. The molecule has 0 atom stereocenters. The maximum atomic E-state index is 12.6. The number of nitrogens with one attached hydrogen (secondary N) is 1. The topological polar surface area (TPSA) is 115 Å². The summed E-state index contributed by atoms with van der Waals surface area (Å²) in [4.78, 5) is 48.4. The third-order valence-electron chi connectivity index (χ3n) is 3.90. The zero-order valence-electron chi connectivity index (χ0n) is 15.7. The summed E-state index contributed by atoms with van der Waals surface area (Å²) in [5.41, 5.74) is 0.502. The van der Waals surface area contributed by atoms with E-state index in [2.05, 4.69) is 26.0 Å². The van der Waals surface area contributed by atoms with Gasteiger partial charge in [-0.1, -0.05) is 11.6 Å². The van der Waals surface area contributed by atoms with Crippen LogP contribution in [-0.4, -0.2) is 35.9 Å². The van der Waals surface area contributed by atoms with Crippen LogP contribution in [0.15, 0.2) is 38.9 Å². The number of halogens is 2. The second kappa shape index (κ2) is 8.72. The van der Waals surface area contributed by atoms with E-state index in [9.17, 15) is 19.2 Å². The van der Waals surface area contributed by atoms with E-state index in [4.69, 9.17) is 20.8 Å². The zero-order chi connectivity index (χ0) is 22.0. The molecule has 1 aliphatic heterocycles. The third-order valence-corrected chi connectivity index (χ3v) is 4.77. The fourth-order valence-electron chi connectivity index (χ4n) is 2.61. The van der Waals surface area contributed by atoms with Crippen LogP contribution in [0.4, 0.5) is 4.79 Å². The van der Waals surface area contributed by atoms with Crippen LogP contribution in [0.25, 0.3) is 6.08 Å². The number of methoxy groups -OCH3 is 1. The van der Waals surface area contributed by atoms with Crippen molar-refractivity contribution in [1.82, 2.24) is 10.2 Å². The molecule has 0 bridgehead atoms. The van der Waals surface area contributed by atoms with E-state index in [1.807, 2.05) is 0 Å². The first-order valence-corrected chi connectivity index (χ1v) is 9.55. The maximum Gasteiger partial charge on any atom is 0.373 e. The Balaban J connectivity index is 1.80. The molecule has 0 aliphatic carbocycles. The van der Waals surface area contributed by atoms with Gasteiger partial charge in [0.2, 0.25) is 5.76 Å². The van der Waals surface area contributed by atoms with Gasteiger partial charge in [-0.05, 0) is 51.8 Å². The summed E-state index contributed by atoms with van der Waals surface area (Å²) in [5.74, 6) is -1.45. The van der Waals surface area contributed by atoms with Crippen LogP contribution in [0.5, 0.6) is 5.75 Å².